The second-order valence-corrected chi connectivity index (χ2v) is 6.76. The molecule has 0 bridgehead atoms. The van der Waals surface area contributed by atoms with Gasteiger partial charge < -0.3 is 20.5 Å². The number of rotatable bonds is 7. The largest absolute Gasteiger partial charge is 0.481 e. The maximum Gasteiger partial charge on any atom is 0.318 e. The van der Waals surface area contributed by atoms with E-state index < -0.39 is 58.9 Å². The number of aliphatic carboxylic acids is 1. The Morgan fingerprint density at radius 1 is 0.824 bits per heavy atom. The monoisotopic (exact) mass is 486 g/mol. The highest BCUT2D eigenvalue weighted by molar-refractivity contribution is 6.04. The summed E-state index contributed by atoms with van der Waals surface area (Å²) in [7, 11) is 0. The van der Waals surface area contributed by atoms with Gasteiger partial charge in [0.25, 0.3) is 0 Å². The van der Waals surface area contributed by atoms with Gasteiger partial charge in [0.2, 0.25) is 11.8 Å². The van der Waals surface area contributed by atoms with Crippen LogP contribution in [0.4, 0.5) is 28.9 Å². The molecular formula is C22H22F4N2O6. The van der Waals surface area contributed by atoms with Gasteiger partial charge in [0.15, 0.2) is 0 Å². The highest BCUT2D eigenvalue weighted by Gasteiger charge is 2.23. The fourth-order valence-electron chi connectivity index (χ4n) is 2.15. The number of nitrogens with one attached hydrogen (secondary N) is 2. The minimum atomic E-state index is -1.32. The Morgan fingerprint density at radius 2 is 1.24 bits per heavy atom. The molecule has 0 heterocycles. The zero-order valence-corrected chi connectivity index (χ0v) is 18.3. The van der Waals surface area contributed by atoms with Gasteiger partial charge in [-0.05, 0) is 45.0 Å². The third kappa shape index (κ3) is 8.52. The second kappa shape index (κ2) is 12.9. The van der Waals surface area contributed by atoms with Crippen LogP contribution in [0.1, 0.15) is 20.8 Å². The molecule has 184 valence electrons. The molecule has 0 radical (unpaired) electrons. The minimum absolute atomic E-state index is 0.154. The Kier molecular flexibility index (Phi) is 10.7. The van der Waals surface area contributed by atoms with E-state index in [2.05, 4.69) is 15.4 Å². The van der Waals surface area contributed by atoms with Crippen LogP contribution in [0.5, 0.6) is 0 Å². The van der Waals surface area contributed by atoms with E-state index in [0.717, 1.165) is 24.3 Å². The SMILES string of the molecule is CC(C(=O)O)C(=O)Nc1ccc(F)cc1F.CCOC(=O)C(C)C(=O)Nc1ccc(F)cc1F. The molecule has 2 amide bonds. The molecule has 0 aromatic heterocycles. The van der Waals surface area contributed by atoms with Crippen molar-refractivity contribution in [3.63, 3.8) is 0 Å². The molecule has 2 rings (SSSR count). The molecule has 2 unspecified atom stereocenters. The van der Waals surface area contributed by atoms with E-state index in [0.29, 0.717) is 12.1 Å². The number of benzene rings is 2. The minimum Gasteiger partial charge on any atom is -0.481 e. The third-order valence-electron chi connectivity index (χ3n) is 4.18. The van der Waals surface area contributed by atoms with Gasteiger partial charge in [-0.3, -0.25) is 19.2 Å². The summed E-state index contributed by atoms with van der Waals surface area (Å²) in [5.74, 6) is -9.33. The van der Waals surface area contributed by atoms with Crippen LogP contribution in [0.2, 0.25) is 0 Å². The number of carboxylic acid groups (broad SMARTS) is 1. The molecular weight excluding hydrogens is 464 g/mol. The molecule has 0 aliphatic carbocycles. The predicted octanol–water partition coefficient (Wildman–Crippen LogP) is 3.73. The van der Waals surface area contributed by atoms with Crippen LogP contribution in [0, 0.1) is 35.1 Å². The summed E-state index contributed by atoms with van der Waals surface area (Å²) in [6.07, 6.45) is 0. The lowest BCUT2D eigenvalue weighted by molar-refractivity contribution is -0.150. The number of hydrogen-bond acceptors (Lipinski definition) is 5. The smallest absolute Gasteiger partial charge is 0.318 e. The Bertz CT molecular complexity index is 1060. The zero-order chi connectivity index (χ0) is 26.0. The van der Waals surface area contributed by atoms with Crippen LogP contribution in [0.25, 0.3) is 0 Å². The van der Waals surface area contributed by atoms with Gasteiger partial charge in [-0.25, -0.2) is 17.6 Å². The molecule has 0 aliphatic heterocycles. The average molecular weight is 486 g/mol. The summed E-state index contributed by atoms with van der Waals surface area (Å²) in [6.45, 7) is 4.28. The van der Waals surface area contributed by atoms with E-state index >= 15 is 0 Å². The van der Waals surface area contributed by atoms with Crippen LogP contribution in [0.15, 0.2) is 36.4 Å². The number of carbonyl (C=O) groups excluding carboxylic acids is 3. The van der Waals surface area contributed by atoms with Crippen LogP contribution >= 0.6 is 0 Å². The molecule has 2 atom stereocenters. The van der Waals surface area contributed by atoms with E-state index in [1.165, 1.54) is 13.8 Å². The lowest BCUT2D eigenvalue weighted by Crippen LogP contribution is -2.29. The molecule has 12 heteroatoms. The molecule has 0 saturated heterocycles. The van der Waals surface area contributed by atoms with Gasteiger partial charge in [-0.2, -0.15) is 0 Å². The summed E-state index contributed by atoms with van der Waals surface area (Å²) < 4.78 is 56.2. The summed E-state index contributed by atoms with van der Waals surface area (Å²) in [5.41, 5.74) is -0.433. The van der Waals surface area contributed by atoms with Gasteiger partial charge in [0.05, 0.1) is 18.0 Å². The van der Waals surface area contributed by atoms with Gasteiger partial charge in [-0.1, -0.05) is 0 Å². The van der Waals surface area contributed by atoms with E-state index in [1.54, 1.807) is 6.92 Å². The number of carboxylic acids is 1. The number of amides is 2. The van der Waals surface area contributed by atoms with E-state index in [4.69, 9.17) is 5.11 Å². The fourth-order valence-corrected chi connectivity index (χ4v) is 2.15. The Hall–Kier alpha value is -3.96. The first kappa shape index (κ1) is 28.1. The van der Waals surface area contributed by atoms with Gasteiger partial charge in [0.1, 0.15) is 35.1 Å². The maximum atomic E-state index is 13.3. The number of ether oxygens (including phenoxy) is 1. The van der Waals surface area contributed by atoms with E-state index in [9.17, 15) is 36.7 Å². The first-order chi connectivity index (χ1) is 15.9. The van der Waals surface area contributed by atoms with Crippen molar-refractivity contribution < 1.29 is 46.6 Å². The molecule has 0 aliphatic rings. The molecule has 3 N–H and O–H groups in total. The molecule has 2 aromatic carbocycles. The number of hydrogen-bond donors (Lipinski definition) is 3. The van der Waals surface area contributed by atoms with E-state index in [1.807, 2.05) is 0 Å². The quantitative estimate of drug-likeness (QED) is 0.312. The Balaban J connectivity index is 0.000000342. The highest BCUT2D eigenvalue weighted by Crippen LogP contribution is 2.17. The Labute approximate surface area is 191 Å². The standard InChI is InChI=1S/C12H13F2NO3.C10H9F2NO3/c1-3-18-12(17)7(2)11(16)15-10-5-4-8(13)6-9(10)14;1-5(10(15)16)9(14)13-8-3-2-6(11)4-7(8)12/h4-7H,3H2,1-2H3,(H,15,16);2-5H,1H3,(H,13,14)(H,15,16). The van der Waals surface area contributed by atoms with Gasteiger partial charge in [-0.15, -0.1) is 0 Å². The fraction of sp³-hybridized carbons (Fsp3) is 0.273. The first-order valence-electron chi connectivity index (χ1n) is 9.78. The molecule has 0 fully saturated rings. The summed E-state index contributed by atoms with van der Waals surface area (Å²) >= 11 is 0. The molecule has 2 aromatic rings. The summed E-state index contributed by atoms with van der Waals surface area (Å²) in [5, 5.41) is 12.8. The van der Waals surface area contributed by atoms with Crippen molar-refractivity contribution in [2.45, 2.75) is 20.8 Å². The molecule has 34 heavy (non-hydrogen) atoms. The summed E-state index contributed by atoms with van der Waals surface area (Å²) in [4.78, 5) is 44.6. The molecule has 0 saturated carbocycles. The second-order valence-electron chi connectivity index (χ2n) is 6.76. The maximum absolute atomic E-state index is 13.3. The third-order valence-corrected chi connectivity index (χ3v) is 4.18. The van der Waals surface area contributed by atoms with Crippen LogP contribution in [-0.4, -0.2) is 35.5 Å². The topological polar surface area (TPSA) is 122 Å². The lowest BCUT2D eigenvalue weighted by Gasteiger charge is -2.11. The van der Waals surface area contributed by atoms with Crippen molar-refractivity contribution in [2.75, 3.05) is 17.2 Å². The van der Waals surface area contributed by atoms with E-state index in [-0.39, 0.29) is 18.0 Å². The number of anilines is 2. The van der Waals surface area contributed by atoms with Crippen molar-refractivity contribution >= 4 is 35.1 Å². The predicted molar refractivity (Wildman–Crippen MR) is 113 cm³/mol. The van der Waals surface area contributed by atoms with Crippen molar-refractivity contribution in [1.82, 2.24) is 0 Å². The first-order valence-corrected chi connectivity index (χ1v) is 9.78. The average Bonchev–Trinajstić information content (AvgIpc) is 2.76. The van der Waals surface area contributed by atoms with Crippen LogP contribution in [0.3, 0.4) is 0 Å². The van der Waals surface area contributed by atoms with Crippen LogP contribution in [-0.2, 0) is 23.9 Å². The normalized spacial score (nSPS) is 11.9. The van der Waals surface area contributed by atoms with Gasteiger partial charge in [0, 0.05) is 12.1 Å². The van der Waals surface area contributed by atoms with Crippen LogP contribution < -0.4 is 10.6 Å². The van der Waals surface area contributed by atoms with Crippen molar-refractivity contribution in [2.24, 2.45) is 11.8 Å². The number of halogens is 4. The van der Waals surface area contributed by atoms with Crippen molar-refractivity contribution in [3.8, 4) is 0 Å². The Morgan fingerprint density at radius 3 is 1.59 bits per heavy atom. The number of esters is 1. The molecule has 8 nitrogen and oxygen atoms in total. The zero-order valence-electron chi connectivity index (χ0n) is 18.3. The summed E-state index contributed by atoms with van der Waals surface area (Å²) in [6, 6.07) is 5.32. The van der Waals surface area contributed by atoms with Crippen molar-refractivity contribution in [3.05, 3.63) is 59.7 Å². The number of carbonyl (C=O) groups is 4. The van der Waals surface area contributed by atoms with Gasteiger partial charge >= 0.3 is 11.9 Å². The molecule has 0 spiro atoms. The van der Waals surface area contributed by atoms with Crippen molar-refractivity contribution in [1.29, 1.82) is 0 Å². The highest BCUT2D eigenvalue weighted by atomic mass is 19.1. The lowest BCUT2D eigenvalue weighted by atomic mass is 10.1.